The highest BCUT2D eigenvalue weighted by molar-refractivity contribution is 5.99. The van der Waals surface area contributed by atoms with Gasteiger partial charge in [0.05, 0.1) is 39.9 Å². The Bertz CT molecular complexity index is 1060. The van der Waals surface area contributed by atoms with Crippen LogP contribution in [0.2, 0.25) is 0 Å². The monoisotopic (exact) mass is 427 g/mol. The van der Waals surface area contributed by atoms with E-state index in [1.54, 1.807) is 6.07 Å². The molecule has 1 saturated heterocycles. The molecule has 7 heteroatoms. The molecule has 0 aliphatic carbocycles. The van der Waals surface area contributed by atoms with E-state index in [0.29, 0.717) is 44.2 Å². The Morgan fingerprint density at radius 2 is 1.97 bits per heavy atom. The first-order valence-corrected chi connectivity index (χ1v) is 10.6. The van der Waals surface area contributed by atoms with Crippen LogP contribution in [0.3, 0.4) is 0 Å². The van der Waals surface area contributed by atoms with Gasteiger partial charge in [0.2, 0.25) is 0 Å². The van der Waals surface area contributed by atoms with Gasteiger partial charge in [-0.2, -0.15) is 0 Å². The molecular formula is C24H28FN2O4+. The smallest absolute Gasteiger partial charge is 0.290 e. The lowest BCUT2D eigenvalue weighted by atomic mass is 10.1. The van der Waals surface area contributed by atoms with E-state index >= 15 is 0 Å². The average molecular weight is 427 g/mol. The maximum Gasteiger partial charge on any atom is 0.290 e. The number of ether oxygens (including phenoxy) is 2. The summed E-state index contributed by atoms with van der Waals surface area (Å²) in [6.45, 7) is 6.39. The number of carbonyl (C=O) groups is 1. The molecule has 1 aromatic heterocycles. The maximum absolute atomic E-state index is 14.0. The number of amides is 1. The third kappa shape index (κ3) is 4.57. The summed E-state index contributed by atoms with van der Waals surface area (Å²) >= 11 is 0. The summed E-state index contributed by atoms with van der Waals surface area (Å²) in [6.07, 6.45) is 0. The van der Waals surface area contributed by atoms with E-state index in [1.165, 1.54) is 18.1 Å². The lowest BCUT2D eigenvalue weighted by Crippen LogP contribution is -3.13. The van der Waals surface area contributed by atoms with Gasteiger partial charge in [-0.05, 0) is 31.2 Å². The molecule has 1 N–H and O–H groups in total. The molecule has 0 saturated carbocycles. The average Bonchev–Trinajstić information content (AvgIpc) is 3.16. The summed E-state index contributed by atoms with van der Waals surface area (Å²) in [5, 5.41) is 0.921. The molecule has 1 aliphatic heterocycles. The largest absolute Gasteiger partial charge is 0.494 e. The number of methoxy groups -OCH3 is 1. The van der Waals surface area contributed by atoms with Crippen LogP contribution in [0.4, 0.5) is 4.39 Å². The summed E-state index contributed by atoms with van der Waals surface area (Å²) in [7, 11) is 1.46. The van der Waals surface area contributed by atoms with Crippen LogP contribution in [0.1, 0.15) is 28.6 Å². The van der Waals surface area contributed by atoms with E-state index in [4.69, 9.17) is 13.9 Å². The number of halogens is 1. The Kier molecular flexibility index (Phi) is 6.53. The van der Waals surface area contributed by atoms with Crippen LogP contribution in [0.25, 0.3) is 11.0 Å². The number of nitrogens with one attached hydrogen (secondary N) is 1. The summed E-state index contributed by atoms with van der Waals surface area (Å²) in [5.41, 5.74) is 2.43. The van der Waals surface area contributed by atoms with Crippen LogP contribution < -0.4 is 9.64 Å². The van der Waals surface area contributed by atoms with Crippen LogP contribution >= 0.6 is 0 Å². The molecular weight excluding hydrogens is 399 g/mol. The number of quaternary nitrogens is 1. The molecule has 1 amide bonds. The van der Waals surface area contributed by atoms with Gasteiger partial charge in [-0.25, -0.2) is 4.39 Å². The number of piperazine rings is 1. The second-order valence-electron chi connectivity index (χ2n) is 7.73. The van der Waals surface area contributed by atoms with E-state index in [0.717, 1.165) is 29.6 Å². The van der Waals surface area contributed by atoms with Gasteiger partial charge in [-0.1, -0.05) is 18.2 Å². The van der Waals surface area contributed by atoms with E-state index in [2.05, 4.69) is 0 Å². The van der Waals surface area contributed by atoms with Gasteiger partial charge in [0.15, 0.2) is 17.3 Å². The van der Waals surface area contributed by atoms with E-state index < -0.39 is 0 Å². The quantitative estimate of drug-likeness (QED) is 0.630. The van der Waals surface area contributed by atoms with Crippen LogP contribution in [0, 0.1) is 5.82 Å². The standard InChI is InChI=1S/C24H27FN2O4/c1-3-30-16-19-18-6-4-5-7-21(18)31-23(19)24(28)27-12-10-26(11-13-27)15-17-8-9-22(29-2)20(25)14-17/h4-9,14H,3,10-13,15-16H2,1-2H3/p+1. The molecule has 4 rings (SSSR count). The first-order chi connectivity index (χ1) is 15.1. The van der Waals surface area contributed by atoms with Crippen LogP contribution in [0.5, 0.6) is 5.75 Å². The Hall–Kier alpha value is -2.90. The fraction of sp³-hybridized carbons (Fsp3) is 0.375. The number of benzene rings is 2. The molecule has 1 fully saturated rings. The molecule has 0 atom stereocenters. The fourth-order valence-corrected chi connectivity index (χ4v) is 4.07. The van der Waals surface area contributed by atoms with Gasteiger partial charge in [-0.15, -0.1) is 0 Å². The zero-order valence-electron chi connectivity index (χ0n) is 17.9. The van der Waals surface area contributed by atoms with Crippen molar-refractivity contribution in [1.29, 1.82) is 0 Å². The predicted octanol–water partition coefficient (Wildman–Crippen LogP) is 2.66. The number of nitrogens with zero attached hydrogens (tertiary/aromatic N) is 1. The van der Waals surface area contributed by atoms with Crippen LogP contribution in [-0.4, -0.2) is 50.7 Å². The van der Waals surface area contributed by atoms with Crippen LogP contribution in [0.15, 0.2) is 46.9 Å². The molecule has 6 nitrogen and oxygen atoms in total. The molecule has 0 bridgehead atoms. The first-order valence-electron chi connectivity index (χ1n) is 10.6. The van der Waals surface area contributed by atoms with Crippen molar-refractivity contribution in [3.8, 4) is 5.75 Å². The predicted molar refractivity (Wildman–Crippen MR) is 115 cm³/mol. The van der Waals surface area contributed by atoms with Crippen molar-refractivity contribution in [1.82, 2.24) is 4.90 Å². The summed E-state index contributed by atoms with van der Waals surface area (Å²) < 4.78 is 30.5. The Labute approximate surface area is 181 Å². The van der Waals surface area contributed by atoms with Crippen molar-refractivity contribution >= 4 is 16.9 Å². The van der Waals surface area contributed by atoms with E-state index in [-0.39, 0.29) is 17.5 Å². The van der Waals surface area contributed by atoms with E-state index in [1.807, 2.05) is 42.2 Å². The van der Waals surface area contributed by atoms with E-state index in [9.17, 15) is 9.18 Å². The second-order valence-corrected chi connectivity index (χ2v) is 7.73. The highest BCUT2D eigenvalue weighted by atomic mass is 19.1. The summed E-state index contributed by atoms with van der Waals surface area (Å²) in [6, 6.07) is 12.7. The molecule has 2 heterocycles. The summed E-state index contributed by atoms with van der Waals surface area (Å²) in [4.78, 5) is 16.4. The molecule has 0 spiro atoms. The van der Waals surface area contributed by atoms with Gasteiger partial charge in [0.25, 0.3) is 5.91 Å². The third-order valence-electron chi connectivity index (χ3n) is 5.77. The normalized spacial score (nSPS) is 14.9. The molecule has 164 valence electrons. The van der Waals surface area contributed by atoms with Gasteiger partial charge < -0.3 is 23.7 Å². The SMILES string of the molecule is CCOCc1c(C(=O)N2CC[NH+](Cc3ccc(OC)c(F)c3)CC2)oc2ccccc12. The van der Waals surface area contributed by atoms with Crippen molar-refractivity contribution in [2.45, 2.75) is 20.1 Å². The van der Waals surface area contributed by atoms with Crippen molar-refractivity contribution in [3.63, 3.8) is 0 Å². The zero-order valence-corrected chi connectivity index (χ0v) is 17.9. The Morgan fingerprint density at radius 1 is 1.19 bits per heavy atom. The number of carbonyl (C=O) groups excluding carboxylic acids is 1. The Balaban J connectivity index is 1.43. The number of furan rings is 1. The number of rotatable bonds is 7. The lowest BCUT2D eigenvalue weighted by molar-refractivity contribution is -0.917. The van der Waals surface area contributed by atoms with Crippen molar-refractivity contribution in [2.75, 3.05) is 39.9 Å². The number of hydrogen-bond donors (Lipinski definition) is 1. The lowest BCUT2D eigenvalue weighted by Gasteiger charge is -2.32. The minimum absolute atomic E-state index is 0.0968. The maximum atomic E-state index is 14.0. The highest BCUT2D eigenvalue weighted by Gasteiger charge is 2.29. The topological polar surface area (TPSA) is 56.3 Å². The van der Waals surface area contributed by atoms with Gasteiger partial charge >= 0.3 is 0 Å². The second kappa shape index (κ2) is 9.49. The van der Waals surface area contributed by atoms with Crippen molar-refractivity contribution in [2.24, 2.45) is 0 Å². The minimum atomic E-state index is -0.347. The van der Waals surface area contributed by atoms with Crippen molar-refractivity contribution in [3.05, 3.63) is 65.2 Å². The molecule has 3 aromatic rings. The highest BCUT2D eigenvalue weighted by Crippen LogP contribution is 2.27. The zero-order chi connectivity index (χ0) is 21.8. The molecule has 2 aromatic carbocycles. The fourth-order valence-electron chi connectivity index (χ4n) is 4.07. The van der Waals surface area contributed by atoms with Gasteiger partial charge in [0, 0.05) is 23.1 Å². The number of fused-ring (bicyclic) bond motifs is 1. The molecule has 0 unspecified atom stereocenters. The van der Waals surface area contributed by atoms with Crippen molar-refractivity contribution < 1.29 is 28.0 Å². The number of para-hydroxylation sites is 1. The Morgan fingerprint density at radius 3 is 2.68 bits per heavy atom. The molecule has 31 heavy (non-hydrogen) atoms. The third-order valence-corrected chi connectivity index (χ3v) is 5.77. The first kappa shape index (κ1) is 21.3. The molecule has 1 aliphatic rings. The van der Waals surface area contributed by atoms with Gasteiger partial charge in [0.1, 0.15) is 12.1 Å². The molecule has 0 radical (unpaired) electrons. The van der Waals surface area contributed by atoms with Gasteiger partial charge in [-0.3, -0.25) is 4.79 Å². The number of hydrogen-bond acceptors (Lipinski definition) is 4. The minimum Gasteiger partial charge on any atom is -0.494 e. The van der Waals surface area contributed by atoms with Crippen LogP contribution in [-0.2, 0) is 17.9 Å². The summed E-state index contributed by atoms with van der Waals surface area (Å²) in [5.74, 6) is 0.179.